The standard InChI is InChI=1S/C22H27NO4/c1-2-26-22-8-7-16(25)20-21(22)9-10-23(12-13-3-4-13)17(22)11-14-5-6-15(24)19(27-20)18(14)21/h5-6,13,17,20,24H,2-4,7-12H2,1H3/t17-,20+,21+,22?/m1/s1. The van der Waals surface area contributed by atoms with Crippen LogP contribution in [0.2, 0.25) is 0 Å². The van der Waals surface area contributed by atoms with E-state index in [9.17, 15) is 9.90 Å². The summed E-state index contributed by atoms with van der Waals surface area (Å²) in [6.07, 6.45) is 5.23. The van der Waals surface area contributed by atoms with Crippen molar-refractivity contribution in [3.8, 4) is 11.5 Å². The number of Topliss-reactive ketones (excluding diaryl/α,β-unsaturated/α-hetero) is 1. The van der Waals surface area contributed by atoms with E-state index in [0.29, 0.717) is 18.8 Å². The lowest BCUT2D eigenvalue weighted by Crippen LogP contribution is -2.77. The van der Waals surface area contributed by atoms with E-state index in [1.165, 1.54) is 18.4 Å². The molecule has 1 N–H and O–H groups in total. The number of carbonyl (C=O) groups excluding carboxylic acids is 1. The van der Waals surface area contributed by atoms with E-state index in [4.69, 9.17) is 9.47 Å². The summed E-state index contributed by atoms with van der Waals surface area (Å²) in [4.78, 5) is 15.6. The van der Waals surface area contributed by atoms with Crippen molar-refractivity contribution in [2.24, 2.45) is 5.92 Å². The molecule has 0 aromatic heterocycles. The van der Waals surface area contributed by atoms with Gasteiger partial charge in [0.25, 0.3) is 0 Å². The van der Waals surface area contributed by atoms with Gasteiger partial charge in [0.15, 0.2) is 23.4 Å². The van der Waals surface area contributed by atoms with Crippen LogP contribution >= 0.6 is 0 Å². The topological polar surface area (TPSA) is 59.0 Å². The van der Waals surface area contributed by atoms with E-state index in [-0.39, 0.29) is 23.2 Å². The first-order valence-corrected chi connectivity index (χ1v) is 10.5. The first kappa shape index (κ1) is 16.4. The van der Waals surface area contributed by atoms with Gasteiger partial charge in [-0.2, -0.15) is 0 Å². The highest BCUT2D eigenvalue weighted by Gasteiger charge is 2.74. The molecule has 1 aromatic carbocycles. The molecule has 5 aliphatic rings. The zero-order chi connectivity index (χ0) is 18.4. The first-order chi connectivity index (χ1) is 13.1. The van der Waals surface area contributed by atoms with Gasteiger partial charge in [0.2, 0.25) is 0 Å². The fourth-order valence-corrected chi connectivity index (χ4v) is 6.79. The maximum atomic E-state index is 13.0. The molecule has 0 radical (unpaired) electrons. The number of likely N-dealkylation sites (tertiary alicyclic amines) is 1. The monoisotopic (exact) mass is 369 g/mol. The third kappa shape index (κ3) is 1.85. The van der Waals surface area contributed by atoms with E-state index >= 15 is 0 Å². The maximum Gasteiger partial charge on any atom is 0.174 e. The Balaban J connectivity index is 1.59. The summed E-state index contributed by atoms with van der Waals surface area (Å²) in [5, 5.41) is 10.5. The number of rotatable bonds is 4. The van der Waals surface area contributed by atoms with Crippen molar-refractivity contribution in [1.29, 1.82) is 0 Å². The molecule has 1 aromatic rings. The third-order valence-corrected chi connectivity index (χ3v) is 7.92. The lowest BCUT2D eigenvalue weighted by atomic mass is 9.48. The predicted molar refractivity (Wildman–Crippen MR) is 99.2 cm³/mol. The smallest absolute Gasteiger partial charge is 0.174 e. The number of aromatic hydroxyl groups is 1. The van der Waals surface area contributed by atoms with Crippen molar-refractivity contribution < 1.29 is 19.4 Å². The van der Waals surface area contributed by atoms with Crippen LogP contribution in [0.25, 0.3) is 0 Å². The second-order valence-electron chi connectivity index (χ2n) is 9.11. The van der Waals surface area contributed by atoms with Crippen molar-refractivity contribution in [1.82, 2.24) is 4.90 Å². The van der Waals surface area contributed by atoms with Crippen molar-refractivity contribution >= 4 is 5.78 Å². The Morgan fingerprint density at radius 3 is 2.96 bits per heavy atom. The maximum absolute atomic E-state index is 13.0. The number of ether oxygens (including phenoxy) is 2. The Labute approximate surface area is 159 Å². The molecule has 144 valence electrons. The Morgan fingerprint density at radius 1 is 1.33 bits per heavy atom. The summed E-state index contributed by atoms with van der Waals surface area (Å²) in [6.45, 7) is 4.83. The number of ketones is 1. The van der Waals surface area contributed by atoms with Gasteiger partial charge in [-0.05, 0) is 63.1 Å². The molecule has 4 atom stereocenters. The van der Waals surface area contributed by atoms with Gasteiger partial charge in [-0.15, -0.1) is 0 Å². The molecule has 2 aliphatic heterocycles. The third-order valence-electron chi connectivity index (χ3n) is 7.92. The number of benzene rings is 1. The SMILES string of the molecule is CCOC12CCC(=O)[C@@H]3Oc4c(O)ccc5c4[C@@]31CCN(CC1CC1)[C@@H]2C5. The van der Waals surface area contributed by atoms with E-state index in [1.807, 2.05) is 6.07 Å². The van der Waals surface area contributed by atoms with Crippen LogP contribution in [0.5, 0.6) is 11.5 Å². The highest BCUT2D eigenvalue weighted by atomic mass is 16.5. The normalized spacial score (nSPS) is 39.2. The van der Waals surface area contributed by atoms with Crippen LogP contribution in [0.4, 0.5) is 0 Å². The van der Waals surface area contributed by atoms with Gasteiger partial charge < -0.3 is 14.6 Å². The van der Waals surface area contributed by atoms with E-state index in [1.54, 1.807) is 6.07 Å². The van der Waals surface area contributed by atoms with Crippen LogP contribution in [0.15, 0.2) is 12.1 Å². The largest absolute Gasteiger partial charge is 0.504 e. The molecule has 1 saturated heterocycles. The van der Waals surface area contributed by atoms with Gasteiger partial charge in [-0.25, -0.2) is 0 Å². The molecule has 1 unspecified atom stereocenters. The molecule has 3 aliphatic carbocycles. The van der Waals surface area contributed by atoms with Crippen LogP contribution in [0.1, 0.15) is 50.2 Å². The van der Waals surface area contributed by atoms with Crippen LogP contribution < -0.4 is 4.74 Å². The van der Waals surface area contributed by atoms with Gasteiger partial charge in [0.1, 0.15) is 0 Å². The molecular weight excluding hydrogens is 342 g/mol. The summed E-state index contributed by atoms with van der Waals surface area (Å²) in [7, 11) is 0. The fourth-order valence-electron chi connectivity index (χ4n) is 6.79. The van der Waals surface area contributed by atoms with Crippen LogP contribution in [0, 0.1) is 5.92 Å². The molecular formula is C22H27NO4. The number of hydrogen-bond donors (Lipinski definition) is 1. The molecule has 2 saturated carbocycles. The second kappa shape index (κ2) is 5.26. The number of phenolic OH excluding ortho intramolecular Hbond substituents is 1. The lowest BCUT2D eigenvalue weighted by Gasteiger charge is -2.64. The van der Waals surface area contributed by atoms with Gasteiger partial charge in [-0.1, -0.05) is 6.07 Å². The number of hydrogen-bond acceptors (Lipinski definition) is 5. The molecule has 5 heteroatoms. The molecule has 3 fully saturated rings. The molecule has 2 bridgehead atoms. The Kier molecular flexibility index (Phi) is 3.19. The van der Waals surface area contributed by atoms with E-state index < -0.39 is 11.5 Å². The Bertz CT molecular complexity index is 834. The number of piperidine rings is 1. The minimum Gasteiger partial charge on any atom is -0.504 e. The minimum absolute atomic E-state index is 0.162. The quantitative estimate of drug-likeness (QED) is 0.884. The summed E-state index contributed by atoms with van der Waals surface area (Å²) >= 11 is 0. The molecule has 1 spiro atoms. The van der Waals surface area contributed by atoms with Crippen LogP contribution in [-0.2, 0) is 21.4 Å². The zero-order valence-electron chi connectivity index (χ0n) is 15.9. The summed E-state index contributed by atoms with van der Waals surface area (Å²) < 4.78 is 12.9. The van der Waals surface area contributed by atoms with Gasteiger partial charge in [0.05, 0.1) is 11.0 Å². The summed E-state index contributed by atoms with van der Waals surface area (Å²) in [5.74, 6) is 1.71. The van der Waals surface area contributed by atoms with Gasteiger partial charge in [-0.3, -0.25) is 9.69 Å². The fraction of sp³-hybridized carbons (Fsp3) is 0.682. The average Bonchev–Trinajstić information content (AvgIpc) is 3.39. The number of nitrogens with zero attached hydrogens (tertiary/aromatic N) is 1. The molecule has 2 heterocycles. The van der Waals surface area contributed by atoms with Crippen LogP contribution in [-0.4, -0.2) is 53.2 Å². The van der Waals surface area contributed by atoms with Crippen LogP contribution in [0.3, 0.4) is 0 Å². The summed E-state index contributed by atoms with van der Waals surface area (Å²) in [6, 6.07) is 4.07. The Morgan fingerprint density at radius 2 is 2.19 bits per heavy atom. The van der Waals surface area contributed by atoms with Crippen molar-refractivity contribution in [3.05, 3.63) is 23.3 Å². The van der Waals surface area contributed by atoms with Crippen molar-refractivity contribution in [3.63, 3.8) is 0 Å². The number of carbonyl (C=O) groups is 1. The highest BCUT2D eigenvalue weighted by Crippen LogP contribution is 2.66. The highest BCUT2D eigenvalue weighted by molar-refractivity contribution is 5.90. The van der Waals surface area contributed by atoms with Gasteiger partial charge in [0, 0.05) is 31.2 Å². The molecule has 27 heavy (non-hydrogen) atoms. The van der Waals surface area contributed by atoms with Crippen molar-refractivity contribution in [2.45, 2.75) is 68.6 Å². The molecule has 6 rings (SSSR count). The minimum atomic E-state index is -0.509. The van der Waals surface area contributed by atoms with Gasteiger partial charge >= 0.3 is 0 Å². The second-order valence-corrected chi connectivity index (χ2v) is 9.11. The van der Waals surface area contributed by atoms with Crippen molar-refractivity contribution in [2.75, 3.05) is 19.7 Å². The average molecular weight is 369 g/mol. The lowest BCUT2D eigenvalue weighted by molar-refractivity contribution is -0.211. The Hall–Kier alpha value is -1.59. The number of phenols is 1. The molecule has 5 nitrogen and oxygen atoms in total. The van der Waals surface area contributed by atoms with E-state index in [0.717, 1.165) is 43.8 Å². The summed E-state index contributed by atoms with van der Waals surface area (Å²) in [5.41, 5.74) is 1.49. The predicted octanol–water partition coefficient (Wildman–Crippen LogP) is 2.57. The first-order valence-electron chi connectivity index (χ1n) is 10.5. The van der Waals surface area contributed by atoms with E-state index in [2.05, 4.69) is 11.8 Å². The molecule has 0 amide bonds. The zero-order valence-corrected chi connectivity index (χ0v) is 15.9.